The Balaban J connectivity index is 1.93. The third-order valence-electron chi connectivity index (χ3n) is 4.08. The maximum absolute atomic E-state index is 5.95. The van der Waals surface area contributed by atoms with Crippen molar-refractivity contribution in [3.63, 3.8) is 0 Å². The highest BCUT2D eigenvalue weighted by molar-refractivity contribution is 6.30. The van der Waals surface area contributed by atoms with E-state index in [0.29, 0.717) is 11.8 Å². The molecule has 1 aromatic carbocycles. The second-order valence-electron chi connectivity index (χ2n) is 5.11. The summed E-state index contributed by atoms with van der Waals surface area (Å²) in [6.07, 6.45) is 2.12. The number of hydrogen-bond acceptors (Lipinski definition) is 3. The van der Waals surface area contributed by atoms with Crippen molar-refractivity contribution in [2.75, 3.05) is 12.4 Å². The van der Waals surface area contributed by atoms with Crippen molar-refractivity contribution in [3.05, 3.63) is 46.1 Å². The molecule has 0 fully saturated rings. The summed E-state index contributed by atoms with van der Waals surface area (Å²) in [6.45, 7) is 2.22. The van der Waals surface area contributed by atoms with E-state index in [2.05, 4.69) is 29.5 Å². The topological polar surface area (TPSA) is 38.1 Å². The number of rotatable bonds is 2. The minimum atomic E-state index is 0.371. The van der Waals surface area contributed by atoms with Crippen molar-refractivity contribution < 1.29 is 4.52 Å². The molecule has 0 aliphatic heterocycles. The van der Waals surface area contributed by atoms with Crippen LogP contribution in [0.4, 0.5) is 5.88 Å². The zero-order chi connectivity index (χ0) is 13.4. The molecular weight excluding hydrogens is 260 g/mol. The molecule has 0 spiro atoms. The average molecular weight is 277 g/mol. The summed E-state index contributed by atoms with van der Waals surface area (Å²) in [4.78, 5) is 0. The lowest BCUT2D eigenvalue weighted by atomic mass is 9.76. The van der Waals surface area contributed by atoms with E-state index in [9.17, 15) is 0 Å². The van der Waals surface area contributed by atoms with Gasteiger partial charge in [-0.1, -0.05) is 35.8 Å². The van der Waals surface area contributed by atoms with Crippen LogP contribution in [0.5, 0.6) is 0 Å². The molecule has 2 aromatic rings. The van der Waals surface area contributed by atoms with Crippen molar-refractivity contribution in [2.45, 2.75) is 31.6 Å². The minimum absolute atomic E-state index is 0.371. The van der Waals surface area contributed by atoms with Crippen LogP contribution in [0.25, 0.3) is 0 Å². The Morgan fingerprint density at radius 2 is 2.05 bits per heavy atom. The fourth-order valence-corrected chi connectivity index (χ4v) is 3.15. The number of anilines is 1. The molecule has 3 rings (SSSR count). The van der Waals surface area contributed by atoms with E-state index in [1.807, 2.05) is 19.2 Å². The molecule has 0 bridgehead atoms. The number of hydrogen-bond donors (Lipinski definition) is 1. The molecule has 1 aromatic heterocycles. The summed E-state index contributed by atoms with van der Waals surface area (Å²) < 4.78 is 5.36. The predicted molar refractivity (Wildman–Crippen MR) is 77.0 cm³/mol. The van der Waals surface area contributed by atoms with Gasteiger partial charge in [-0.05, 0) is 36.5 Å². The highest BCUT2D eigenvalue weighted by atomic mass is 35.5. The van der Waals surface area contributed by atoms with Crippen molar-refractivity contribution in [3.8, 4) is 0 Å². The van der Waals surface area contributed by atoms with Crippen LogP contribution in [0.1, 0.15) is 42.0 Å². The van der Waals surface area contributed by atoms with Crippen LogP contribution in [-0.4, -0.2) is 12.2 Å². The molecule has 19 heavy (non-hydrogen) atoms. The van der Waals surface area contributed by atoms with E-state index in [1.165, 1.54) is 11.1 Å². The first-order valence-corrected chi connectivity index (χ1v) is 7.00. The van der Waals surface area contributed by atoms with Gasteiger partial charge in [0.1, 0.15) is 0 Å². The highest BCUT2D eigenvalue weighted by Gasteiger charge is 2.32. The van der Waals surface area contributed by atoms with E-state index in [-0.39, 0.29) is 0 Å². The van der Waals surface area contributed by atoms with E-state index in [4.69, 9.17) is 16.1 Å². The number of benzene rings is 1. The fourth-order valence-electron chi connectivity index (χ4n) is 3.02. The van der Waals surface area contributed by atoms with Crippen molar-refractivity contribution in [2.24, 2.45) is 0 Å². The Morgan fingerprint density at radius 1 is 1.32 bits per heavy atom. The fraction of sp³-hybridized carbons (Fsp3) is 0.400. The van der Waals surface area contributed by atoms with Crippen molar-refractivity contribution >= 4 is 17.5 Å². The molecule has 0 saturated carbocycles. The van der Waals surface area contributed by atoms with Gasteiger partial charge < -0.3 is 9.84 Å². The Kier molecular flexibility index (Phi) is 3.23. The summed E-state index contributed by atoms with van der Waals surface area (Å²) in [5.74, 6) is 1.67. The smallest absolute Gasteiger partial charge is 0.227 e. The third kappa shape index (κ3) is 2.12. The first kappa shape index (κ1) is 12.5. The molecule has 0 radical (unpaired) electrons. The molecule has 3 nitrogen and oxygen atoms in total. The van der Waals surface area contributed by atoms with Crippen LogP contribution in [0.2, 0.25) is 5.02 Å². The Hall–Kier alpha value is -1.48. The maximum atomic E-state index is 5.95. The van der Waals surface area contributed by atoms with Crippen molar-refractivity contribution in [1.29, 1.82) is 0 Å². The molecule has 100 valence electrons. The van der Waals surface area contributed by atoms with Gasteiger partial charge in [-0.15, -0.1) is 0 Å². The molecule has 1 N–H and O–H groups in total. The quantitative estimate of drug-likeness (QED) is 0.893. The Labute approximate surface area is 117 Å². The van der Waals surface area contributed by atoms with E-state index >= 15 is 0 Å². The monoisotopic (exact) mass is 276 g/mol. The summed E-state index contributed by atoms with van der Waals surface area (Å²) in [7, 11) is 1.87. The molecule has 0 amide bonds. The van der Waals surface area contributed by atoms with Gasteiger partial charge in [-0.2, -0.15) is 0 Å². The summed E-state index contributed by atoms with van der Waals surface area (Å²) in [5.41, 5.74) is 3.66. The van der Waals surface area contributed by atoms with Gasteiger partial charge >= 0.3 is 0 Å². The lowest BCUT2D eigenvalue weighted by Crippen LogP contribution is -2.17. The van der Waals surface area contributed by atoms with E-state index in [0.717, 1.165) is 29.4 Å². The highest BCUT2D eigenvalue weighted by Crippen LogP contribution is 2.43. The van der Waals surface area contributed by atoms with Gasteiger partial charge in [0.2, 0.25) is 5.88 Å². The number of aromatic nitrogens is 1. The van der Waals surface area contributed by atoms with Gasteiger partial charge in [0.15, 0.2) is 0 Å². The van der Waals surface area contributed by atoms with Gasteiger partial charge in [0.05, 0.1) is 5.69 Å². The maximum Gasteiger partial charge on any atom is 0.227 e. The summed E-state index contributed by atoms with van der Waals surface area (Å²) in [6, 6.07) is 8.16. The summed E-state index contributed by atoms with van der Waals surface area (Å²) in [5, 5.41) is 8.09. The largest absolute Gasteiger partial charge is 0.357 e. The average Bonchev–Trinajstić information content (AvgIpc) is 2.84. The predicted octanol–water partition coefficient (Wildman–Crippen LogP) is 4.20. The van der Waals surface area contributed by atoms with Gasteiger partial charge in [-0.3, -0.25) is 0 Å². The first-order chi connectivity index (χ1) is 9.20. The Morgan fingerprint density at radius 3 is 2.74 bits per heavy atom. The van der Waals surface area contributed by atoms with Crippen LogP contribution in [-0.2, 0) is 6.42 Å². The SMILES string of the molecule is CNc1onc2c1CCC(c1ccc(Cl)cc1)C2C. The molecule has 1 aliphatic rings. The van der Waals surface area contributed by atoms with Gasteiger partial charge in [-0.25, -0.2) is 0 Å². The second kappa shape index (κ2) is 4.89. The lowest BCUT2D eigenvalue weighted by molar-refractivity contribution is 0.408. The number of nitrogens with zero attached hydrogens (tertiary/aromatic N) is 1. The van der Waals surface area contributed by atoms with Gasteiger partial charge in [0.25, 0.3) is 0 Å². The molecule has 1 aliphatic carbocycles. The lowest BCUT2D eigenvalue weighted by Gasteiger charge is -2.28. The van der Waals surface area contributed by atoms with Crippen LogP contribution in [0.15, 0.2) is 28.8 Å². The molecule has 2 atom stereocenters. The number of halogens is 1. The first-order valence-electron chi connectivity index (χ1n) is 6.62. The van der Waals surface area contributed by atoms with Crippen LogP contribution in [0.3, 0.4) is 0 Å². The van der Waals surface area contributed by atoms with Gasteiger partial charge in [0, 0.05) is 23.6 Å². The zero-order valence-corrected chi connectivity index (χ0v) is 11.9. The van der Waals surface area contributed by atoms with E-state index < -0.39 is 0 Å². The molecule has 4 heteroatoms. The number of fused-ring (bicyclic) bond motifs is 1. The second-order valence-corrected chi connectivity index (χ2v) is 5.55. The molecule has 0 saturated heterocycles. The van der Waals surface area contributed by atoms with Crippen molar-refractivity contribution in [1.82, 2.24) is 5.16 Å². The normalized spacial score (nSPS) is 22.1. The Bertz CT molecular complexity index is 576. The van der Waals surface area contributed by atoms with Crippen LogP contribution >= 0.6 is 11.6 Å². The van der Waals surface area contributed by atoms with Crippen LogP contribution < -0.4 is 5.32 Å². The standard InChI is InChI=1S/C15H17ClN2O/c1-9-12(10-3-5-11(16)6-4-10)7-8-13-14(9)18-19-15(13)17-2/h3-6,9,12,17H,7-8H2,1-2H3. The molecule has 1 heterocycles. The summed E-state index contributed by atoms with van der Waals surface area (Å²) >= 11 is 5.95. The van der Waals surface area contributed by atoms with E-state index in [1.54, 1.807) is 0 Å². The minimum Gasteiger partial charge on any atom is -0.357 e. The molecular formula is C15H17ClN2O. The number of nitrogens with one attached hydrogen (secondary N) is 1. The molecule has 2 unspecified atom stereocenters. The zero-order valence-electron chi connectivity index (χ0n) is 11.1. The van der Waals surface area contributed by atoms with Crippen LogP contribution in [0, 0.1) is 0 Å². The third-order valence-corrected chi connectivity index (χ3v) is 4.34.